The number of thiophene rings is 1. The van der Waals surface area contributed by atoms with Crippen LogP contribution in [-0.4, -0.2) is 5.91 Å². The fraction of sp³-hybridized carbons (Fsp3) is 0.0667. The van der Waals surface area contributed by atoms with Crippen molar-refractivity contribution in [2.75, 3.05) is 5.32 Å². The fourth-order valence-corrected chi connectivity index (χ4v) is 2.47. The van der Waals surface area contributed by atoms with Gasteiger partial charge in [-0.15, -0.1) is 11.3 Å². The summed E-state index contributed by atoms with van der Waals surface area (Å²) in [5.74, 6) is -0.831. The molecule has 2 aromatic rings. The number of hydrogen-bond acceptors (Lipinski definition) is 3. The van der Waals surface area contributed by atoms with Gasteiger partial charge in [-0.2, -0.15) is 18.4 Å². The van der Waals surface area contributed by atoms with Gasteiger partial charge in [-0.3, -0.25) is 4.79 Å². The van der Waals surface area contributed by atoms with Gasteiger partial charge in [-0.25, -0.2) is 0 Å². The average molecular weight is 357 g/mol. The van der Waals surface area contributed by atoms with Crippen LogP contribution in [0.4, 0.5) is 18.9 Å². The summed E-state index contributed by atoms with van der Waals surface area (Å²) in [5.41, 5.74) is -1.39. The van der Waals surface area contributed by atoms with Crippen molar-refractivity contribution in [1.82, 2.24) is 0 Å². The van der Waals surface area contributed by atoms with E-state index in [4.69, 9.17) is 16.9 Å². The second-order valence-electron chi connectivity index (χ2n) is 4.33. The van der Waals surface area contributed by atoms with Crippen molar-refractivity contribution in [1.29, 1.82) is 5.26 Å². The standard InChI is InChI=1S/C15H8ClF3N2OS/c16-12-4-3-10(15(17,18)19)7-13(12)21-14(22)9(8-20)6-11-2-1-5-23-11/h1-7H,(H,21,22). The Morgan fingerprint density at radius 1 is 1.35 bits per heavy atom. The van der Waals surface area contributed by atoms with Gasteiger partial charge in [-0.1, -0.05) is 17.7 Å². The van der Waals surface area contributed by atoms with Crippen molar-refractivity contribution in [2.45, 2.75) is 6.18 Å². The van der Waals surface area contributed by atoms with Crippen LogP contribution in [0, 0.1) is 11.3 Å². The zero-order valence-electron chi connectivity index (χ0n) is 11.3. The van der Waals surface area contributed by atoms with Gasteiger partial charge in [0.25, 0.3) is 5.91 Å². The van der Waals surface area contributed by atoms with Crippen LogP contribution in [0.1, 0.15) is 10.4 Å². The Hall–Kier alpha value is -2.30. The summed E-state index contributed by atoms with van der Waals surface area (Å²) in [6.07, 6.45) is -3.21. The monoisotopic (exact) mass is 356 g/mol. The number of nitrogens with one attached hydrogen (secondary N) is 1. The SMILES string of the molecule is N#CC(=Cc1cccs1)C(=O)Nc1cc(C(F)(F)F)ccc1Cl. The Labute approximate surface area is 138 Å². The molecule has 0 bridgehead atoms. The minimum atomic E-state index is -4.56. The van der Waals surface area contributed by atoms with E-state index in [-0.39, 0.29) is 16.3 Å². The molecule has 0 aliphatic rings. The predicted octanol–water partition coefficient (Wildman–Crippen LogP) is 4.97. The summed E-state index contributed by atoms with van der Waals surface area (Å²) in [4.78, 5) is 12.7. The molecule has 2 rings (SSSR count). The van der Waals surface area contributed by atoms with Gasteiger partial charge in [0.2, 0.25) is 0 Å². The molecule has 1 heterocycles. The van der Waals surface area contributed by atoms with E-state index in [2.05, 4.69) is 5.32 Å². The third kappa shape index (κ3) is 4.34. The number of halogens is 4. The number of carbonyl (C=O) groups excluding carboxylic acids is 1. The number of nitrogens with zero attached hydrogens (tertiary/aromatic N) is 1. The molecule has 0 unspecified atom stereocenters. The predicted molar refractivity (Wildman–Crippen MR) is 83.0 cm³/mol. The van der Waals surface area contributed by atoms with Gasteiger partial charge in [0.15, 0.2) is 0 Å². The van der Waals surface area contributed by atoms with Gasteiger partial charge in [0, 0.05) is 4.88 Å². The van der Waals surface area contributed by atoms with Crippen molar-refractivity contribution < 1.29 is 18.0 Å². The Morgan fingerprint density at radius 2 is 2.09 bits per heavy atom. The van der Waals surface area contributed by atoms with Crippen LogP contribution in [0.2, 0.25) is 5.02 Å². The molecule has 1 aromatic heterocycles. The number of rotatable bonds is 3. The number of benzene rings is 1. The first-order valence-corrected chi connectivity index (χ1v) is 7.40. The smallest absolute Gasteiger partial charge is 0.320 e. The highest BCUT2D eigenvalue weighted by atomic mass is 35.5. The largest absolute Gasteiger partial charge is 0.416 e. The number of anilines is 1. The Morgan fingerprint density at radius 3 is 2.65 bits per heavy atom. The van der Waals surface area contributed by atoms with Gasteiger partial charge in [-0.05, 0) is 35.7 Å². The second kappa shape index (κ2) is 6.86. The van der Waals surface area contributed by atoms with E-state index in [9.17, 15) is 18.0 Å². The Kier molecular flexibility index (Phi) is 5.08. The summed E-state index contributed by atoms with van der Waals surface area (Å²) in [6.45, 7) is 0. The molecule has 0 spiro atoms. The zero-order valence-corrected chi connectivity index (χ0v) is 12.9. The van der Waals surface area contributed by atoms with Crippen LogP contribution in [0.15, 0.2) is 41.3 Å². The molecule has 0 radical (unpaired) electrons. The van der Waals surface area contributed by atoms with Crippen LogP contribution in [0.25, 0.3) is 6.08 Å². The highest BCUT2D eigenvalue weighted by molar-refractivity contribution is 7.10. The first-order valence-electron chi connectivity index (χ1n) is 6.14. The number of carbonyl (C=O) groups is 1. The van der Waals surface area contributed by atoms with Crippen LogP contribution in [0.3, 0.4) is 0 Å². The molecule has 1 N–H and O–H groups in total. The zero-order chi connectivity index (χ0) is 17.0. The Balaban J connectivity index is 2.28. The average Bonchev–Trinajstić information content (AvgIpc) is 2.98. The quantitative estimate of drug-likeness (QED) is 0.623. The van der Waals surface area contributed by atoms with Crippen LogP contribution in [0.5, 0.6) is 0 Å². The van der Waals surface area contributed by atoms with E-state index in [1.807, 2.05) is 0 Å². The van der Waals surface area contributed by atoms with Gasteiger partial charge >= 0.3 is 6.18 Å². The molecule has 8 heteroatoms. The molecular formula is C15H8ClF3N2OS. The molecule has 3 nitrogen and oxygen atoms in total. The van der Waals surface area contributed by atoms with E-state index >= 15 is 0 Å². The molecule has 0 aliphatic heterocycles. The fourth-order valence-electron chi connectivity index (χ4n) is 1.65. The van der Waals surface area contributed by atoms with E-state index in [0.717, 1.165) is 18.2 Å². The summed E-state index contributed by atoms with van der Waals surface area (Å²) in [5, 5.41) is 13.0. The molecule has 118 valence electrons. The van der Waals surface area contributed by atoms with Gasteiger partial charge in [0.05, 0.1) is 16.3 Å². The van der Waals surface area contributed by atoms with Gasteiger partial charge in [0.1, 0.15) is 11.6 Å². The highest BCUT2D eigenvalue weighted by Gasteiger charge is 2.31. The van der Waals surface area contributed by atoms with Crippen LogP contribution >= 0.6 is 22.9 Å². The van der Waals surface area contributed by atoms with E-state index in [0.29, 0.717) is 4.88 Å². The molecule has 0 fully saturated rings. The summed E-state index contributed by atoms with van der Waals surface area (Å²) < 4.78 is 38.1. The maximum absolute atomic E-state index is 12.7. The molecular weight excluding hydrogens is 349 g/mol. The lowest BCUT2D eigenvalue weighted by Gasteiger charge is -2.11. The van der Waals surface area contributed by atoms with E-state index in [1.165, 1.54) is 17.4 Å². The normalized spacial score (nSPS) is 11.9. The minimum absolute atomic E-state index is 0.0558. The maximum atomic E-state index is 12.7. The van der Waals surface area contributed by atoms with Crippen molar-refractivity contribution in [3.05, 3.63) is 56.7 Å². The third-order valence-electron chi connectivity index (χ3n) is 2.74. The van der Waals surface area contributed by atoms with E-state index in [1.54, 1.807) is 23.6 Å². The molecule has 1 aromatic carbocycles. The van der Waals surface area contributed by atoms with Gasteiger partial charge < -0.3 is 5.32 Å². The van der Waals surface area contributed by atoms with Crippen LogP contribution < -0.4 is 5.32 Å². The van der Waals surface area contributed by atoms with Crippen molar-refractivity contribution in [3.63, 3.8) is 0 Å². The summed E-state index contributed by atoms with van der Waals surface area (Å²) in [7, 11) is 0. The maximum Gasteiger partial charge on any atom is 0.416 e. The number of alkyl halides is 3. The number of nitriles is 1. The van der Waals surface area contributed by atoms with Crippen LogP contribution in [-0.2, 0) is 11.0 Å². The van der Waals surface area contributed by atoms with Crippen molar-refractivity contribution >= 4 is 40.6 Å². The van der Waals surface area contributed by atoms with E-state index < -0.39 is 17.6 Å². The molecule has 0 atom stereocenters. The summed E-state index contributed by atoms with van der Waals surface area (Å²) in [6, 6.07) is 7.73. The Bertz CT molecular complexity index is 792. The first kappa shape index (κ1) is 17.1. The summed E-state index contributed by atoms with van der Waals surface area (Å²) >= 11 is 7.12. The highest BCUT2D eigenvalue weighted by Crippen LogP contribution is 2.34. The third-order valence-corrected chi connectivity index (χ3v) is 3.89. The molecule has 1 amide bonds. The topological polar surface area (TPSA) is 52.9 Å². The lowest BCUT2D eigenvalue weighted by Crippen LogP contribution is -2.15. The first-order chi connectivity index (χ1) is 10.8. The van der Waals surface area contributed by atoms with Crippen molar-refractivity contribution in [3.8, 4) is 6.07 Å². The second-order valence-corrected chi connectivity index (χ2v) is 5.72. The number of hydrogen-bond donors (Lipinski definition) is 1. The lowest BCUT2D eigenvalue weighted by atomic mass is 10.1. The minimum Gasteiger partial charge on any atom is -0.320 e. The van der Waals surface area contributed by atoms with Crippen molar-refractivity contribution in [2.24, 2.45) is 0 Å². The molecule has 23 heavy (non-hydrogen) atoms. The molecule has 0 aliphatic carbocycles. The molecule has 0 saturated heterocycles. The number of amides is 1. The lowest BCUT2D eigenvalue weighted by molar-refractivity contribution is -0.137. The molecule has 0 saturated carbocycles.